The van der Waals surface area contributed by atoms with Crippen LogP contribution in [0.5, 0.6) is 0 Å². The molecule has 19 heavy (non-hydrogen) atoms. The van der Waals surface area contributed by atoms with Crippen molar-refractivity contribution in [2.24, 2.45) is 5.41 Å². The van der Waals surface area contributed by atoms with E-state index in [1.54, 1.807) is 39.6 Å². The lowest BCUT2D eigenvalue weighted by atomic mass is 9.74. The molecule has 0 heterocycles. The number of nitrogens with zero attached hydrogens (tertiary/aromatic N) is 1. The standard InChI is InChI=1S/C14H26N2O3/c1-7-8-9-10-16(6)12(19)15-14(4,5)13(2,3)11(17)18/h7H,1,8-10H2,2-6H3,(H,15,19)(H,17,18). The molecule has 0 aliphatic rings. The van der Waals surface area contributed by atoms with Gasteiger partial charge in [-0.25, -0.2) is 4.79 Å². The Morgan fingerprint density at radius 1 is 1.32 bits per heavy atom. The number of nitrogens with one attached hydrogen (secondary N) is 1. The molecule has 0 bridgehead atoms. The summed E-state index contributed by atoms with van der Waals surface area (Å²) in [5.41, 5.74) is -1.90. The number of hydrogen-bond donors (Lipinski definition) is 2. The molecule has 0 aromatic rings. The van der Waals surface area contributed by atoms with Crippen LogP contribution >= 0.6 is 0 Å². The van der Waals surface area contributed by atoms with Gasteiger partial charge in [0.15, 0.2) is 0 Å². The van der Waals surface area contributed by atoms with E-state index in [1.807, 2.05) is 6.08 Å². The van der Waals surface area contributed by atoms with Crippen LogP contribution < -0.4 is 5.32 Å². The van der Waals surface area contributed by atoms with Crippen molar-refractivity contribution in [2.45, 2.75) is 46.1 Å². The molecule has 0 atom stereocenters. The third-order valence-electron chi connectivity index (χ3n) is 3.77. The molecule has 0 fully saturated rings. The van der Waals surface area contributed by atoms with Crippen LogP contribution in [0.15, 0.2) is 12.7 Å². The smallest absolute Gasteiger partial charge is 0.317 e. The minimum Gasteiger partial charge on any atom is -0.481 e. The number of rotatable bonds is 7. The van der Waals surface area contributed by atoms with E-state index in [0.29, 0.717) is 6.54 Å². The zero-order chi connectivity index (χ0) is 15.3. The molecule has 0 saturated carbocycles. The number of carboxylic acids is 1. The second kappa shape index (κ2) is 6.59. The molecule has 110 valence electrons. The maximum atomic E-state index is 12.0. The molecule has 0 aromatic heterocycles. The molecule has 5 heteroatoms. The second-order valence-electron chi connectivity index (χ2n) is 5.84. The average Bonchev–Trinajstić information content (AvgIpc) is 2.27. The van der Waals surface area contributed by atoms with Crippen LogP contribution in [0.1, 0.15) is 40.5 Å². The van der Waals surface area contributed by atoms with Gasteiger partial charge >= 0.3 is 12.0 Å². The highest BCUT2D eigenvalue weighted by Gasteiger charge is 2.44. The minimum absolute atomic E-state index is 0.261. The van der Waals surface area contributed by atoms with Crippen molar-refractivity contribution in [3.63, 3.8) is 0 Å². The summed E-state index contributed by atoms with van der Waals surface area (Å²) in [4.78, 5) is 24.8. The fraction of sp³-hybridized carbons (Fsp3) is 0.714. The van der Waals surface area contributed by atoms with Crippen molar-refractivity contribution >= 4 is 12.0 Å². The number of carbonyl (C=O) groups is 2. The van der Waals surface area contributed by atoms with Crippen LogP contribution in [-0.4, -0.2) is 41.1 Å². The third kappa shape index (κ3) is 4.58. The summed E-state index contributed by atoms with van der Waals surface area (Å²) >= 11 is 0. The van der Waals surface area contributed by atoms with Gasteiger partial charge in [0.2, 0.25) is 0 Å². The van der Waals surface area contributed by atoms with Gasteiger partial charge in [0.1, 0.15) is 0 Å². The molecule has 2 amide bonds. The van der Waals surface area contributed by atoms with Crippen LogP contribution in [0.25, 0.3) is 0 Å². The normalized spacial score (nSPS) is 11.8. The first-order valence-corrected chi connectivity index (χ1v) is 6.44. The first kappa shape index (κ1) is 17.5. The van der Waals surface area contributed by atoms with E-state index in [9.17, 15) is 14.7 Å². The summed E-state index contributed by atoms with van der Waals surface area (Å²) < 4.78 is 0. The Bertz CT molecular complexity index is 349. The number of carboxylic acid groups (broad SMARTS) is 1. The van der Waals surface area contributed by atoms with Gasteiger partial charge in [-0.15, -0.1) is 6.58 Å². The van der Waals surface area contributed by atoms with Gasteiger partial charge in [0, 0.05) is 13.6 Å². The Balaban J connectivity index is 4.61. The predicted octanol–water partition coefficient (Wildman–Crippen LogP) is 2.48. The van der Waals surface area contributed by atoms with E-state index in [4.69, 9.17) is 0 Å². The van der Waals surface area contributed by atoms with Gasteiger partial charge in [-0.2, -0.15) is 0 Å². The Hall–Kier alpha value is -1.52. The quantitative estimate of drug-likeness (QED) is 0.551. The van der Waals surface area contributed by atoms with Crippen LogP contribution in [0.2, 0.25) is 0 Å². The zero-order valence-electron chi connectivity index (χ0n) is 12.6. The second-order valence-corrected chi connectivity index (χ2v) is 5.84. The van der Waals surface area contributed by atoms with Gasteiger partial charge in [-0.1, -0.05) is 6.08 Å². The Morgan fingerprint density at radius 2 is 1.84 bits per heavy atom. The maximum Gasteiger partial charge on any atom is 0.317 e. The van der Waals surface area contributed by atoms with E-state index in [-0.39, 0.29) is 6.03 Å². The van der Waals surface area contributed by atoms with Gasteiger partial charge in [0.25, 0.3) is 0 Å². The minimum atomic E-state index is -1.05. The number of aliphatic carboxylic acids is 1. The molecule has 5 nitrogen and oxygen atoms in total. The first-order chi connectivity index (χ1) is 8.56. The highest BCUT2D eigenvalue weighted by atomic mass is 16.4. The molecule has 0 saturated heterocycles. The van der Waals surface area contributed by atoms with Gasteiger partial charge in [0.05, 0.1) is 11.0 Å². The van der Waals surface area contributed by atoms with E-state index < -0.39 is 16.9 Å². The van der Waals surface area contributed by atoms with Crippen molar-refractivity contribution in [2.75, 3.05) is 13.6 Å². The SMILES string of the molecule is C=CCCCN(C)C(=O)NC(C)(C)C(C)(C)C(=O)O. The number of unbranched alkanes of at least 4 members (excludes halogenated alkanes) is 1. The van der Waals surface area contributed by atoms with Gasteiger partial charge in [-0.3, -0.25) is 4.79 Å². The van der Waals surface area contributed by atoms with Crippen LogP contribution in [0.4, 0.5) is 4.79 Å². The number of amides is 2. The third-order valence-corrected chi connectivity index (χ3v) is 3.77. The van der Waals surface area contributed by atoms with Crippen LogP contribution in [0, 0.1) is 5.41 Å². The summed E-state index contributed by atoms with van der Waals surface area (Å²) in [7, 11) is 1.70. The molecule has 0 spiro atoms. The van der Waals surface area contributed by atoms with Gasteiger partial charge < -0.3 is 15.3 Å². The Labute approximate surface area is 115 Å². The fourth-order valence-corrected chi connectivity index (χ4v) is 1.36. The van der Waals surface area contributed by atoms with Crippen molar-refractivity contribution in [1.82, 2.24) is 10.2 Å². The number of allylic oxidation sites excluding steroid dienone is 1. The fourth-order valence-electron chi connectivity index (χ4n) is 1.36. The Kier molecular flexibility index (Phi) is 6.06. The molecule has 0 aliphatic carbocycles. The Morgan fingerprint density at radius 3 is 2.26 bits per heavy atom. The summed E-state index contributed by atoms with van der Waals surface area (Å²) in [6.07, 6.45) is 3.50. The molecule has 0 aliphatic heterocycles. The number of urea groups is 1. The van der Waals surface area contributed by atoms with Crippen LogP contribution in [0.3, 0.4) is 0 Å². The van der Waals surface area contributed by atoms with E-state index in [2.05, 4.69) is 11.9 Å². The van der Waals surface area contributed by atoms with Crippen molar-refractivity contribution in [3.05, 3.63) is 12.7 Å². The molecule has 0 rings (SSSR count). The van der Waals surface area contributed by atoms with Crippen molar-refractivity contribution in [3.8, 4) is 0 Å². The van der Waals surface area contributed by atoms with Crippen LogP contribution in [-0.2, 0) is 4.79 Å². The summed E-state index contributed by atoms with van der Waals surface area (Å²) in [5, 5.41) is 12.0. The zero-order valence-corrected chi connectivity index (χ0v) is 12.6. The molecule has 0 aromatic carbocycles. The van der Waals surface area contributed by atoms with Crippen molar-refractivity contribution < 1.29 is 14.7 Å². The molecule has 2 N–H and O–H groups in total. The average molecular weight is 270 g/mol. The predicted molar refractivity (Wildman–Crippen MR) is 76.1 cm³/mol. The largest absolute Gasteiger partial charge is 0.481 e. The first-order valence-electron chi connectivity index (χ1n) is 6.44. The molecular weight excluding hydrogens is 244 g/mol. The lowest BCUT2D eigenvalue weighted by molar-refractivity contribution is -0.150. The van der Waals surface area contributed by atoms with E-state index in [1.165, 1.54) is 0 Å². The maximum absolute atomic E-state index is 12.0. The molecule has 0 unspecified atom stereocenters. The van der Waals surface area contributed by atoms with E-state index >= 15 is 0 Å². The van der Waals surface area contributed by atoms with Gasteiger partial charge in [-0.05, 0) is 40.5 Å². The highest BCUT2D eigenvalue weighted by molar-refractivity contribution is 5.79. The summed E-state index contributed by atoms with van der Waals surface area (Å²) in [5.74, 6) is -0.938. The lowest BCUT2D eigenvalue weighted by Crippen LogP contribution is -2.59. The summed E-state index contributed by atoms with van der Waals surface area (Å²) in [6, 6.07) is -0.261. The summed E-state index contributed by atoms with van der Waals surface area (Å²) in [6.45, 7) is 10.9. The molecular formula is C14H26N2O3. The molecule has 0 radical (unpaired) electrons. The van der Waals surface area contributed by atoms with E-state index in [0.717, 1.165) is 12.8 Å². The lowest BCUT2D eigenvalue weighted by Gasteiger charge is -2.39. The highest BCUT2D eigenvalue weighted by Crippen LogP contribution is 2.30. The monoisotopic (exact) mass is 270 g/mol. The van der Waals surface area contributed by atoms with Crippen molar-refractivity contribution in [1.29, 1.82) is 0 Å². The topological polar surface area (TPSA) is 69.6 Å². The number of hydrogen-bond acceptors (Lipinski definition) is 2. The number of carbonyl (C=O) groups excluding carboxylic acids is 1.